The van der Waals surface area contributed by atoms with Gasteiger partial charge in [0.15, 0.2) is 0 Å². The molecule has 0 saturated carbocycles. The standard InChI is InChI=1S/C15H23N3O2S/c1-16-21(19,20)14-8-9-15(18-12-14)17-11-10-13-6-4-2-3-5-7-13/h6,8-9,12,16H,2-5,7,10-11H2,1H3,(H,17,18). The Bertz CT molecular complexity index is 579. The van der Waals surface area contributed by atoms with E-state index in [0.717, 1.165) is 13.0 Å². The topological polar surface area (TPSA) is 71.1 Å². The molecule has 2 rings (SSSR count). The number of hydrogen-bond acceptors (Lipinski definition) is 4. The van der Waals surface area contributed by atoms with Gasteiger partial charge in [-0.05, 0) is 51.3 Å². The molecule has 1 aromatic heterocycles. The van der Waals surface area contributed by atoms with Crippen molar-refractivity contribution in [3.05, 3.63) is 30.0 Å². The van der Waals surface area contributed by atoms with Gasteiger partial charge in [-0.3, -0.25) is 0 Å². The van der Waals surface area contributed by atoms with Crippen LogP contribution in [0, 0.1) is 0 Å². The highest BCUT2D eigenvalue weighted by Gasteiger charge is 2.11. The zero-order chi connectivity index (χ0) is 15.1. The van der Waals surface area contributed by atoms with E-state index in [4.69, 9.17) is 0 Å². The number of nitrogens with zero attached hydrogens (tertiary/aromatic N) is 1. The predicted molar refractivity (Wildman–Crippen MR) is 84.8 cm³/mol. The highest BCUT2D eigenvalue weighted by atomic mass is 32.2. The van der Waals surface area contributed by atoms with Crippen LogP contribution in [0.15, 0.2) is 34.9 Å². The quantitative estimate of drug-likeness (QED) is 0.793. The second kappa shape index (κ2) is 7.56. The minimum Gasteiger partial charge on any atom is -0.370 e. The molecule has 1 aliphatic rings. The molecule has 1 aliphatic carbocycles. The van der Waals surface area contributed by atoms with Gasteiger partial charge in [0, 0.05) is 12.7 Å². The Labute approximate surface area is 126 Å². The number of hydrogen-bond donors (Lipinski definition) is 2. The van der Waals surface area contributed by atoms with Crippen molar-refractivity contribution in [2.24, 2.45) is 0 Å². The van der Waals surface area contributed by atoms with Gasteiger partial charge >= 0.3 is 0 Å². The van der Waals surface area contributed by atoms with Gasteiger partial charge in [-0.15, -0.1) is 0 Å². The third kappa shape index (κ3) is 4.82. The van der Waals surface area contributed by atoms with Gasteiger partial charge < -0.3 is 5.32 Å². The minimum atomic E-state index is -3.41. The largest absolute Gasteiger partial charge is 0.370 e. The molecule has 0 saturated heterocycles. The molecular formula is C15H23N3O2S. The van der Waals surface area contributed by atoms with Crippen LogP contribution >= 0.6 is 0 Å². The fraction of sp³-hybridized carbons (Fsp3) is 0.533. The maximum atomic E-state index is 11.6. The Kier molecular flexibility index (Phi) is 5.76. The maximum Gasteiger partial charge on any atom is 0.241 e. The lowest BCUT2D eigenvalue weighted by Crippen LogP contribution is -2.18. The summed E-state index contributed by atoms with van der Waals surface area (Å²) in [6, 6.07) is 3.26. The fourth-order valence-electron chi connectivity index (χ4n) is 2.42. The molecule has 5 nitrogen and oxygen atoms in total. The van der Waals surface area contributed by atoms with Crippen molar-refractivity contribution in [2.75, 3.05) is 18.9 Å². The van der Waals surface area contributed by atoms with E-state index in [9.17, 15) is 8.42 Å². The summed E-state index contributed by atoms with van der Waals surface area (Å²) in [6.07, 6.45) is 11.1. The molecule has 0 radical (unpaired) electrons. The molecule has 0 unspecified atom stereocenters. The van der Waals surface area contributed by atoms with E-state index < -0.39 is 10.0 Å². The Morgan fingerprint density at radius 2 is 2.10 bits per heavy atom. The number of anilines is 1. The van der Waals surface area contributed by atoms with E-state index in [1.165, 1.54) is 50.9 Å². The molecule has 0 atom stereocenters. The third-order valence-electron chi connectivity index (χ3n) is 3.70. The van der Waals surface area contributed by atoms with Crippen LogP contribution in [-0.2, 0) is 10.0 Å². The van der Waals surface area contributed by atoms with Gasteiger partial charge in [-0.1, -0.05) is 18.1 Å². The SMILES string of the molecule is CNS(=O)(=O)c1ccc(NCCC2=CCCCCC2)nc1. The van der Waals surface area contributed by atoms with Crippen molar-refractivity contribution in [2.45, 2.75) is 43.4 Å². The molecule has 1 heterocycles. The second-order valence-electron chi connectivity index (χ2n) is 5.23. The summed E-state index contributed by atoms with van der Waals surface area (Å²) >= 11 is 0. The molecule has 6 heteroatoms. The van der Waals surface area contributed by atoms with Crippen molar-refractivity contribution < 1.29 is 8.42 Å². The number of allylic oxidation sites excluding steroid dienone is 1. The lowest BCUT2D eigenvalue weighted by Gasteiger charge is -2.08. The normalized spacial score (nSPS) is 16.1. The van der Waals surface area contributed by atoms with Crippen LogP contribution in [0.25, 0.3) is 0 Å². The lowest BCUT2D eigenvalue weighted by molar-refractivity contribution is 0.588. The van der Waals surface area contributed by atoms with Crippen LogP contribution in [-0.4, -0.2) is 27.0 Å². The first kappa shape index (κ1) is 16.0. The van der Waals surface area contributed by atoms with Crippen LogP contribution < -0.4 is 10.0 Å². The van der Waals surface area contributed by atoms with Crippen LogP contribution in [0.4, 0.5) is 5.82 Å². The smallest absolute Gasteiger partial charge is 0.241 e. The highest BCUT2D eigenvalue weighted by molar-refractivity contribution is 7.89. The number of rotatable bonds is 6. The summed E-state index contributed by atoms with van der Waals surface area (Å²) in [5, 5.41) is 3.24. The van der Waals surface area contributed by atoms with Crippen molar-refractivity contribution in [3.8, 4) is 0 Å². The molecule has 0 bridgehead atoms. The molecule has 2 N–H and O–H groups in total. The average Bonchev–Trinajstić information content (AvgIpc) is 2.77. The van der Waals surface area contributed by atoms with E-state index in [1.54, 1.807) is 12.1 Å². The Morgan fingerprint density at radius 3 is 2.81 bits per heavy atom. The van der Waals surface area contributed by atoms with E-state index in [1.807, 2.05) is 0 Å². The molecule has 116 valence electrons. The van der Waals surface area contributed by atoms with Crippen LogP contribution in [0.2, 0.25) is 0 Å². The fourth-order valence-corrected chi connectivity index (χ4v) is 3.10. The van der Waals surface area contributed by atoms with Gasteiger partial charge in [0.1, 0.15) is 10.7 Å². The van der Waals surface area contributed by atoms with Gasteiger partial charge in [0.2, 0.25) is 10.0 Å². The Hall–Kier alpha value is -1.40. The highest BCUT2D eigenvalue weighted by Crippen LogP contribution is 2.19. The second-order valence-corrected chi connectivity index (χ2v) is 7.11. The van der Waals surface area contributed by atoms with Crippen molar-refractivity contribution in [1.82, 2.24) is 9.71 Å². The zero-order valence-corrected chi connectivity index (χ0v) is 13.2. The lowest BCUT2D eigenvalue weighted by atomic mass is 10.1. The van der Waals surface area contributed by atoms with Crippen molar-refractivity contribution >= 4 is 15.8 Å². The third-order valence-corrected chi connectivity index (χ3v) is 5.10. The zero-order valence-electron chi connectivity index (χ0n) is 12.4. The first-order valence-corrected chi connectivity index (χ1v) is 8.91. The van der Waals surface area contributed by atoms with Crippen LogP contribution in [0.3, 0.4) is 0 Å². The van der Waals surface area contributed by atoms with E-state index in [0.29, 0.717) is 5.82 Å². The Morgan fingerprint density at radius 1 is 1.24 bits per heavy atom. The van der Waals surface area contributed by atoms with Crippen molar-refractivity contribution in [3.63, 3.8) is 0 Å². The number of aromatic nitrogens is 1. The van der Waals surface area contributed by atoms with Gasteiger partial charge in [-0.25, -0.2) is 18.1 Å². The number of pyridine rings is 1. The summed E-state index contributed by atoms with van der Waals surface area (Å²) in [4.78, 5) is 4.33. The molecular weight excluding hydrogens is 286 g/mol. The molecule has 0 aliphatic heterocycles. The summed E-state index contributed by atoms with van der Waals surface area (Å²) in [7, 11) is -2.02. The van der Waals surface area contributed by atoms with Gasteiger partial charge in [0.05, 0.1) is 0 Å². The number of sulfonamides is 1. The molecule has 0 amide bonds. The molecule has 0 fully saturated rings. The molecule has 21 heavy (non-hydrogen) atoms. The Balaban J connectivity index is 1.85. The predicted octanol–water partition coefficient (Wildman–Crippen LogP) is 2.68. The average molecular weight is 309 g/mol. The van der Waals surface area contributed by atoms with E-state index >= 15 is 0 Å². The summed E-state index contributed by atoms with van der Waals surface area (Å²) in [5.74, 6) is 0.708. The molecule has 0 spiro atoms. The monoisotopic (exact) mass is 309 g/mol. The van der Waals surface area contributed by atoms with Crippen LogP contribution in [0.1, 0.15) is 38.5 Å². The molecule has 0 aromatic carbocycles. The van der Waals surface area contributed by atoms with Crippen molar-refractivity contribution in [1.29, 1.82) is 0 Å². The number of nitrogens with one attached hydrogen (secondary N) is 2. The summed E-state index contributed by atoms with van der Waals surface area (Å²) in [6.45, 7) is 0.830. The summed E-state index contributed by atoms with van der Waals surface area (Å²) < 4.78 is 25.4. The van der Waals surface area contributed by atoms with Gasteiger partial charge in [-0.2, -0.15) is 0 Å². The maximum absolute atomic E-state index is 11.6. The van der Waals surface area contributed by atoms with E-state index in [2.05, 4.69) is 21.1 Å². The van der Waals surface area contributed by atoms with Crippen LogP contribution in [0.5, 0.6) is 0 Å². The van der Waals surface area contributed by atoms with Gasteiger partial charge in [0.25, 0.3) is 0 Å². The first-order chi connectivity index (χ1) is 10.1. The molecule has 1 aromatic rings. The minimum absolute atomic E-state index is 0.182. The van der Waals surface area contributed by atoms with E-state index in [-0.39, 0.29) is 4.90 Å². The summed E-state index contributed by atoms with van der Waals surface area (Å²) in [5.41, 5.74) is 1.52. The first-order valence-electron chi connectivity index (χ1n) is 7.43.